The first kappa shape index (κ1) is 15.3. The van der Waals surface area contributed by atoms with Gasteiger partial charge in [-0.15, -0.1) is 0 Å². The summed E-state index contributed by atoms with van der Waals surface area (Å²) in [6.07, 6.45) is 2.32. The number of nitrogens with one attached hydrogen (secondary N) is 1. The maximum absolute atomic E-state index is 14.2. The van der Waals surface area contributed by atoms with Crippen LogP contribution in [0.3, 0.4) is 0 Å². The van der Waals surface area contributed by atoms with Crippen LogP contribution in [0.1, 0.15) is 32.3 Å². The predicted molar refractivity (Wildman–Crippen MR) is 80.6 cm³/mol. The number of rotatable bonds is 6. The zero-order valence-corrected chi connectivity index (χ0v) is 12.7. The number of ether oxygens (including phenoxy) is 1. The van der Waals surface area contributed by atoms with Crippen LogP contribution < -0.4 is 10.2 Å². The molecule has 0 unspecified atom stereocenters. The molecule has 0 aliphatic carbocycles. The molecule has 1 fully saturated rings. The van der Waals surface area contributed by atoms with Crippen molar-refractivity contribution in [3.8, 4) is 0 Å². The zero-order valence-electron chi connectivity index (χ0n) is 12.7. The van der Waals surface area contributed by atoms with Crippen molar-refractivity contribution in [3.63, 3.8) is 0 Å². The molecule has 0 radical (unpaired) electrons. The highest BCUT2D eigenvalue weighted by Crippen LogP contribution is 2.36. The molecule has 1 aromatic rings. The average Bonchev–Trinajstić information content (AvgIpc) is 2.75. The number of hydrogen-bond donors (Lipinski definition) is 1. The van der Waals surface area contributed by atoms with Gasteiger partial charge < -0.3 is 15.0 Å². The molecule has 1 N–H and O–H groups in total. The van der Waals surface area contributed by atoms with Crippen LogP contribution in [-0.4, -0.2) is 32.3 Å². The van der Waals surface area contributed by atoms with Crippen LogP contribution in [0.4, 0.5) is 10.1 Å². The standard InChI is InChI=1S/C16H25FN2O/c1-16(2)8-5-10-19(16)15-7-4-6-14(17)13(15)12-18-9-11-20-3/h4,6-7,18H,5,8-12H2,1-3H3. The quantitative estimate of drug-likeness (QED) is 0.811. The van der Waals surface area contributed by atoms with Gasteiger partial charge in [-0.2, -0.15) is 0 Å². The third kappa shape index (κ3) is 3.30. The van der Waals surface area contributed by atoms with Crippen LogP contribution in [0.2, 0.25) is 0 Å². The molecule has 1 aliphatic rings. The van der Waals surface area contributed by atoms with Gasteiger partial charge in [0.05, 0.1) is 6.61 Å². The number of halogens is 1. The molecule has 0 aromatic heterocycles. The lowest BCUT2D eigenvalue weighted by atomic mass is 10.0. The van der Waals surface area contributed by atoms with E-state index >= 15 is 0 Å². The van der Waals surface area contributed by atoms with Crippen LogP contribution in [0.25, 0.3) is 0 Å². The summed E-state index contributed by atoms with van der Waals surface area (Å²) in [6, 6.07) is 5.38. The Hall–Kier alpha value is -1.13. The first-order chi connectivity index (χ1) is 9.56. The summed E-state index contributed by atoms with van der Waals surface area (Å²) in [5, 5.41) is 3.24. The highest BCUT2D eigenvalue weighted by Gasteiger charge is 2.33. The van der Waals surface area contributed by atoms with Gasteiger partial charge in [-0.1, -0.05) is 6.07 Å². The fourth-order valence-corrected chi connectivity index (χ4v) is 2.92. The lowest BCUT2D eigenvalue weighted by Gasteiger charge is -2.35. The van der Waals surface area contributed by atoms with E-state index in [4.69, 9.17) is 4.74 Å². The monoisotopic (exact) mass is 280 g/mol. The first-order valence-electron chi connectivity index (χ1n) is 7.31. The van der Waals surface area contributed by atoms with Crippen molar-refractivity contribution in [2.75, 3.05) is 31.7 Å². The molecule has 2 rings (SSSR count). The van der Waals surface area contributed by atoms with Gasteiger partial charge in [-0.3, -0.25) is 0 Å². The van der Waals surface area contributed by atoms with Crippen molar-refractivity contribution < 1.29 is 9.13 Å². The number of nitrogens with zero attached hydrogens (tertiary/aromatic N) is 1. The lowest BCUT2D eigenvalue weighted by molar-refractivity contribution is 0.199. The Labute approximate surface area is 121 Å². The topological polar surface area (TPSA) is 24.5 Å². The van der Waals surface area contributed by atoms with Crippen molar-refractivity contribution >= 4 is 5.69 Å². The average molecular weight is 280 g/mol. The Morgan fingerprint density at radius 2 is 2.20 bits per heavy atom. The Balaban J connectivity index is 2.18. The first-order valence-corrected chi connectivity index (χ1v) is 7.31. The molecule has 0 atom stereocenters. The minimum atomic E-state index is -0.130. The van der Waals surface area contributed by atoms with E-state index in [1.54, 1.807) is 19.2 Å². The van der Waals surface area contributed by atoms with Gasteiger partial charge >= 0.3 is 0 Å². The maximum Gasteiger partial charge on any atom is 0.129 e. The van der Waals surface area contributed by atoms with Crippen molar-refractivity contribution in [1.29, 1.82) is 0 Å². The predicted octanol–water partition coefficient (Wildman–Crippen LogP) is 2.94. The lowest BCUT2D eigenvalue weighted by Crippen LogP contribution is -2.39. The SMILES string of the molecule is COCCNCc1c(F)cccc1N1CCCC1(C)C. The molecule has 0 bridgehead atoms. The van der Waals surface area contributed by atoms with Gasteiger partial charge in [-0.05, 0) is 38.8 Å². The van der Waals surface area contributed by atoms with E-state index in [1.807, 2.05) is 6.07 Å². The molecule has 0 spiro atoms. The largest absolute Gasteiger partial charge is 0.383 e. The van der Waals surface area contributed by atoms with Crippen LogP contribution in [0.15, 0.2) is 18.2 Å². The van der Waals surface area contributed by atoms with Crippen molar-refractivity contribution in [2.45, 2.75) is 38.8 Å². The molecule has 1 saturated heterocycles. The Kier molecular flexibility index (Phi) is 5.00. The third-order valence-electron chi connectivity index (χ3n) is 4.07. The molecular formula is C16H25FN2O. The zero-order chi connectivity index (χ0) is 14.6. The van der Waals surface area contributed by atoms with E-state index in [-0.39, 0.29) is 11.4 Å². The molecule has 0 amide bonds. The minimum absolute atomic E-state index is 0.106. The molecular weight excluding hydrogens is 255 g/mol. The summed E-state index contributed by atoms with van der Waals surface area (Å²) in [6.45, 7) is 7.37. The van der Waals surface area contributed by atoms with Crippen LogP contribution in [0, 0.1) is 5.82 Å². The van der Waals surface area contributed by atoms with Crippen molar-refractivity contribution in [3.05, 3.63) is 29.6 Å². The Bertz CT molecular complexity index is 448. The van der Waals surface area contributed by atoms with E-state index in [9.17, 15) is 4.39 Å². The summed E-state index contributed by atoms with van der Waals surface area (Å²) in [7, 11) is 1.67. The van der Waals surface area contributed by atoms with E-state index in [0.717, 1.165) is 30.8 Å². The van der Waals surface area contributed by atoms with Crippen LogP contribution in [0.5, 0.6) is 0 Å². The summed E-state index contributed by atoms with van der Waals surface area (Å²) in [5.74, 6) is -0.130. The van der Waals surface area contributed by atoms with Gasteiger partial charge in [0, 0.05) is 43.5 Å². The van der Waals surface area contributed by atoms with Crippen molar-refractivity contribution in [2.24, 2.45) is 0 Å². The summed E-state index contributed by atoms with van der Waals surface area (Å²) < 4.78 is 19.2. The minimum Gasteiger partial charge on any atom is -0.383 e. The van der Waals surface area contributed by atoms with Gasteiger partial charge in [0.15, 0.2) is 0 Å². The van der Waals surface area contributed by atoms with E-state index < -0.39 is 0 Å². The van der Waals surface area contributed by atoms with Crippen LogP contribution >= 0.6 is 0 Å². The van der Waals surface area contributed by atoms with Gasteiger partial charge in [0.25, 0.3) is 0 Å². The second-order valence-corrected chi connectivity index (χ2v) is 5.97. The van der Waals surface area contributed by atoms with E-state index in [2.05, 4.69) is 24.1 Å². The summed E-state index contributed by atoms with van der Waals surface area (Å²) >= 11 is 0. The summed E-state index contributed by atoms with van der Waals surface area (Å²) in [5.41, 5.74) is 1.89. The third-order valence-corrected chi connectivity index (χ3v) is 4.07. The molecule has 4 heteroatoms. The van der Waals surface area contributed by atoms with Crippen molar-refractivity contribution in [1.82, 2.24) is 5.32 Å². The molecule has 3 nitrogen and oxygen atoms in total. The second-order valence-electron chi connectivity index (χ2n) is 5.97. The van der Waals surface area contributed by atoms with Gasteiger partial charge in [0.2, 0.25) is 0 Å². The smallest absolute Gasteiger partial charge is 0.129 e. The van der Waals surface area contributed by atoms with Gasteiger partial charge in [0.1, 0.15) is 5.82 Å². The number of benzene rings is 1. The molecule has 1 aliphatic heterocycles. The Morgan fingerprint density at radius 1 is 1.40 bits per heavy atom. The van der Waals surface area contributed by atoms with Gasteiger partial charge in [-0.25, -0.2) is 4.39 Å². The number of anilines is 1. The highest BCUT2D eigenvalue weighted by molar-refractivity contribution is 5.57. The fourth-order valence-electron chi connectivity index (χ4n) is 2.92. The number of hydrogen-bond acceptors (Lipinski definition) is 3. The maximum atomic E-state index is 14.2. The van der Waals surface area contributed by atoms with E-state index in [0.29, 0.717) is 13.2 Å². The van der Waals surface area contributed by atoms with E-state index in [1.165, 1.54) is 6.42 Å². The molecule has 1 heterocycles. The fraction of sp³-hybridized carbons (Fsp3) is 0.625. The molecule has 20 heavy (non-hydrogen) atoms. The summed E-state index contributed by atoms with van der Waals surface area (Å²) in [4.78, 5) is 2.34. The normalized spacial score (nSPS) is 17.7. The van der Waals surface area contributed by atoms with Crippen LogP contribution in [-0.2, 0) is 11.3 Å². The second kappa shape index (κ2) is 6.55. The Morgan fingerprint density at radius 3 is 2.85 bits per heavy atom. The number of methoxy groups -OCH3 is 1. The highest BCUT2D eigenvalue weighted by atomic mass is 19.1. The molecule has 1 aromatic carbocycles. The molecule has 112 valence electrons. The molecule has 0 saturated carbocycles.